The van der Waals surface area contributed by atoms with Crippen LogP contribution in [0.1, 0.15) is 31.1 Å². The van der Waals surface area contributed by atoms with Crippen molar-refractivity contribution in [1.82, 2.24) is 0 Å². The molecule has 0 fully saturated rings. The summed E-state index contributed by atoms with van der Waals surface area (Å²) in [6.45, 7) is 4.69. The molecule has 0 aromatic heterocycles. The Balaban J connectivity index is 1.79. The molecule has 0 saturated carbocycles. The first kappa shape index (κ1) is 20.8. The lowest BCUT2D eigenvalue weighted by Crippen LogP contribution is -2.60. The molecule has 0 saturated heterocycles. The molecule has 0 radical (unpaired) electrons. The molecule has 0 bridgehead atoms. The second-order valence-electron chi connectivity index (χ2n) is 7.32. The van der Waals surface area contributed by atoms with Crippen LogP contribution in [0.4, 0.5) is 21.9 Å². The van der Waals surface area contributed by atoms with Crippen LogP contribution in [0.25, 0.3) is 0 Å². The van der Waals surface area contributed by atoms with Gasteiger partial charge in [0.2, 0.25) is 5.91 Å². The Morgan fingerprint density at radius 1 is 1.10 bits per heavy atom. The van der Waals surface area contributed by atoms with E-state index in [-0.39, 0.29) is 11.5 Å². The van der Waals surface area contributed by atoms with Crippen LogP contribution >= 0.6 is 0 Å². The second-order valence-corrected chi connectivity index (χ2v) is 7.32. The molecule has 2 aromatic rings. The number of para-hydroxylation sites is 2. The fraction of sp³-hybridized carbons (Fsp3) is 0.238. The molecule has 1 atom stereocenters. The Morgan fingerprint density at radius 3 is 2.37 bits per heavy atom. The topological polar surface area (TPSA) is 131 Å². The SMILES string of the molecule is C[C@@H](OC(=O)c1ccc(NC(N)=O)cc1)C(=O)N1c2ccccc2NC(=O)C1(C)C. The number of urea groups is 1. The summed E-state index contributed by atoms with van der Waals surface area (Å²) >= 11 is 0. The van der Waals surface area contributed by atoms with E-state index in [0.717, 1.165) is 0 Å². The lowest BCUT2D eigenvalue weighted by Gasteiger charge is -2.42. The van der Waals surface area contributed by atoms with Crippen molar-refractivity contribution in [2.75, 3.05) is 15.5 Å². The Morgan fingerprint density at radius 2 is 1.73 bits per heavy atom. The maximum absolute atomic E-state index is 13.2. The maximum Gasteiger partial charge on any atom is 0.338 e. The minimum atomic E-state index is -1.17. The number of benzene rings is 2. The molecule has 0 aliphatic carbocycles. The van der Waals surface area contributed by atoms with Gasteiger partial charge in [0, 0.05) is 5.69 Å². The van der Waals surface area contributed by atoms with Gasteiger partial charge in [-0.1, -0.05) is 12.1 Å². The zero-order valence-corrected chi connectivity index (χ0v) is 16.8. The van der Waals surface area contributed by atoms with E-state index in [9.17, 15) is 19.2 Å². The van der Waals surface area contributed by atoms with E-state index in [0.29, 0.717) is 17.1 Å². The molecule has 1 heterocycles. The predicted octanol–water partition coefficient (Wildman–Crippen LogP) is 2.49. The van der Waals surface area contributed by atoms with Crippen LogP contribution in [0.3, 0.4) is 0 Å². The van der Waals surface area contributed by atoms with Crippen LogP contribution in [0, 0.1) is 0 Å². The summed E-state index contributed by atoms with van der Waals surface area (Å²) in [6.07, 6.45) is -1.14. The van der Waals surface area contributed by atoms with Crippen molar-refractivity contribution in [3.63, 3.8) is 0 Å². The number of primary amides is 1. The highest BCUT2D eigenvalue weighted by atomic mass is 16.5. The van der Waals surface area contributed by atoms with Gasteiger partial charge in [-0.2, -0.15) is 0 Å². The number of hydrogen-bond donors (Lipinski definition) is 3. The molecule has 3 rings (SSSR count). The number of hydrogen-bond acceptors (Lipinski definition) is 5. The van der Waals surface area contributed by atoms with Gasteiger partial charge in [0.1, 0.15) is 5.54 Å². The molecule has 30 heavy (non-hydrogen) atoms. The van der Waals surface area contributed by atoms with E-state index >= 15 is 0 Å². The summed E-state index contributed by atoms with van der Waals surface area (Å²) in [5.41, 5.74) is 5.52. The van der Waals surface area contributed by atoms with Gasteiger partial charge >= 0.3 is 12.0 Å². The zero-order valence-electron chi connectivity index (χ0n) is 16.8. The Labute approximate surface area is 173 Å². The third kappa shape index (κ3) is 3.95. The first-order chi connectivity index (χ1) is 14.1. The number of amides is 4. The van der Waals surface area contributed by atoms with Crippen LogP contribution in [0.15, 0.2) is 48.5 Å². The summed E-state index contributed by atoms with van der Waals surface area (Å²) in [6, 6.07) is 12.1. The minimum Gasteiger partial charge on any atom is -0.449 e. The van der Waals surface area contributed by atoms with Crippen LogP contribution in [0.2, 0.25) is 0 Å². The predicted molar refractivity (Wildman–Crippen MR) is 111 cm³/mol. The van der Waals surface area contributed by atoms with Gasteiger partial charge in [-0.3, -0.25) is 14.5 Å². The summed E-state index contributed by atoms with van der Waals surface area (Å²) < 4.78 is 5.34. The third-order valence-electron chi connectivity index (χ3n) is 4.75. The van der Waals surface area contributed by atoms with Crippen molar-refractivity contribution < 1.29 is 23.9 Å². The van der Waals surface area contributed by atoms with Crippen molar-refractivity contribution >= 4 is 40.9 Å². The highest BCUT2D eigenvalue weighted by Gasteiger charge is 2.45. The molecule has 4 N–H and O–H groups in total. The molecule has 2 aromatic carbocycles. The minimum absolute atomic E-state index is 0.195. The summed E-state index contributed by atoms with van der Waals surface area (Å²) in [5.74, 6) is -1.58. The lowest BCUT2D eigenvalue weighted by molar-refractivity contribution is -0.131. The van der Waals surface area contributed by atoms with Crippen molar-refractivity contribution in [3.8, 4) is 0 Å². The van der Waals surface area contributed by atoms with Crippen molar-refractivity contribution in [3.05, 3.63) is 54.1 Å². The van der Waals surface area contributed by atoms with E-state index in [1.807, 2.05) is 0 Å². The first-order valence-corrected chi connectivity index (χ1v) is 9.23. The number of fused-ring (bicyclic) bond motifs is 1. The Bertz CT molecular complexity index is 1020. The normalized spacial score (nSPS) is 15.4. The van der Waals surface area contributed by atoms with Crippen LogP contribution in [-0.4, -0.2) is 35.5 Å². The Hall–Kier alpha value is -3.88. The molecule has 0 spiro atoms. The number of nitrogens with zero attached hydrogens (tertiary/aromatic N) is 1. The second kappa shape index (κ2) is 7.86. The molecular formula is C21H22N4O5. The number of rotatable bonds is 4. The highest BCUT2D eigenvalue weighted by Crippen LogP contribution is 2.37. The van der Waals surface area contributed by atoms with Gasteiger partial charge in [0.25, 0.3) is 5.91 Å². The quantitative estimate of drug-likeness (QED) is 0.667. The fourth-order valence-electron chi connectivity index (χ4n) is 3.14. The molecule has 1 aliphatic heterocycles. The first-order valence-electron chi connectivity index (χ1n) is 9.23. The van der Waals surface area contributed by atoms with Gasteiger partial charge in [-0.05, 0) is 57.2 Å². The van der Waals surface area contributed by atoms with E-state index in [1.165, 1.54) is 36.1 Å². The molecule has 156 valence electrons. The van der Waals surface area contributed by atoms with E-state index in [2.05, 4.69) is 10.6 Å². The molecule has 9 heteroatoms. The van der Waals surface area contributed by atoms with E-state index in [4.69, 9.17) is 10.5 Å². The fourth-order valence-corrected chi connectivity index (χ4v) is 3.14. The Kier molecular flexibility index (Phi) is 5.46. The summed E-state index contributed by atoms with van der Waals surface area (Å²) in [4.78, 5) is 50.4. The number of nitrogens with one attached hydrogen (secondary N) is 2. The number of anilines is 3. The average molecular weight is 410 g/mol. The largest absolute Gasteiger partial charge is 0.449 e. The standard InChI is InChI=1S/C21H22N4O5/c1-12(30-18(27)13-8-10-14(11-9-13)23-20(22)29)17(26)25-16-7-5-4-6-15(16)24-19(28)21(25,2)3/h4-12H,1-3H3,(H,24,28)(H3,22,23,29)/t12-/m1/s1. The summed E-state index contributed by atoms with van der Waals surface area (Å²) in [7, 11) is 0. The van der Waals surface area contributed by atoms with E-state index < -0.39 is 29.6 Å². The summed E-state index contributed by atoms with van der Waals surface area (Å²) in [5, 5.41) is 5.16. The lowest BCUT2D eigenvalue weighted by atomic mass is 9.95. The zero-order chi connectivity index (χ0) is 22.1. The number of carbonyl (C=O) groups excluding carboxylic acids is 4. The molecule has 1 aliphatic rings. The van der Waals surface area contributed by atoms with Gasteiger partial charge in [-0.15, -0.1) is 0 Å². The van der Waals surface area contributed by atoms with Crippen LogP contribution < -0.4 is 21.3 Å². The number of ether oxygens (including phenoxy) is 1. The van der Waals surface area contributed by atoms with Gasteiger partial charge in [0.15, 0.2) is 6.10 Å². The average Bonchev–Trinajstić information content (AvgIpc) is 2.68. The maximum atomic E-state index is 13.2. The van der Waals surface area contributed by atoms with Gasteiger partial charge in [-0.25, -0.2) is 9.59 Å². The van der Waals surface area contributed by atoms with Crippen molar-refractivity contribution in [2.45, 2.75) is 32.4 Å². The molecule has 9 nitrogen and oxygen atoms in total. The highest BCUT2D eigenvalue weighted by molar-refractivity contribution is 6.15. The van der Waals surface area contributed by atoms with Crippen molar-refractivity contribution in [2.24, 2.45) is 5.73 Å². The van der Waals surface area contributed by atoms with Gasteiger partial charge in [0.05, 0.1) is 16.9 Å². The van der Waals surface area contributed by atoms with Crippen molar-refractivity contribution in [1.29, 1.82) is 0 Å². The molecule has 0 unspecified atom stereocenters. The smallest absolute Gasteiger partial charge is 0.338 e. The molecule has 4 amide bonds. The third-order valence-corrected chi connectivity index (χ3v) is 4.75. The number of nitrogens with two attached hydrogens (primary N) is 1. The molecular weight excluding hydrogens is 388 g/mol. The van der Waals surface area contributed by atoms with E-state index in [1.54, 1.807) is 38.1 Å². The number of carbonyl (C=O) groups is 4. The van der Waals surface area contributed by atoms with Crippen LogP contribution in [0.5, 0.6) is 0 Å². The van der Waals surface area contributed by atoms with Crippen LogP contribution in [-0.2, 0) is 14.3 Å². The van der Waals surface area contributed by atoms with Gasteiger partial charge < -0.3 is 21.1 Å². The number of esters is 1. The monoisotopic (exact) mass is 410 g/mol.